The van der Waals surface area contributed by atoms with Gasteiger partial charge in [-0.05, 0) is 6.42 Å². The molecule has 80 valence electrons. The summed E-state index contributed by atoms with van der Waals surface area (Å²) in [6.45, 7) is 2.10. The Morgan fingerprint density at radius 3 is 3.13 bits per heavy atom. The van der Waals surface area contributed by atoms with Crippen LogP contribution in [0.5, 0.6) is 0 Å². The van der Waals surface area contributed by atoms with E-state index in [1.807, 2.05) is 6.08 Å². The fourth-order valence-corrected chi connectivity index (χ4v) is 1.36. The molecule has 1 aromatic heterocycles. The second-order valence-electron chi connectivity index (χ2n) is 3.27. The van der Waals surface area contributed by atoms with E-state index in [1.165, 1.54) is 18.0 Å². The number of aromatic nitrogens is 2. The van der Waals surface area contributed by atoms with Crippen LogP contribution in [-0.4, -0.2) is 29.7 Å². The van der Waals surface area contributed by atoms with Crippen LogP contribution in [0, 0.1) is 5.95 Å². The summed E-state index contributed by atoms with van der Waals surface area (Å²) in [6.07, 6.45) is 4.16. The van der Waals surface area contributed by atoms with Crippen LogP contribution in [0.25, 0.3) is 0 Å². The molecule has 4 nitrogen and oxygen atoms in total. The Hall–Kier alpha value is -1.49. The Balaban J connectivity index is 1.90. The third-order valence-corrected chi connectivity index (χ3v) is 2.19. The van der Waals surface area contributed by atoms with Gasteiger partial charge >= 0.3 is 0 Å². The van der Waals surface area contributed by atoms with E-state index in [1.54, 1.807) is 0 Å². The maximum absolute atomic E-state index is 12.7. The lowest BCUT2D eigenvalue weighted by Crippen LogP contribution is -2.13. The van der Waals surface area contributed by atoms with Gasteiger partial charge in [0.05, 0.1) is 13.2 Å². The highest BCUT2D eigenvalue weighted by Gasteiger charge is 2.04. The summed E-state index contributed by atoms with van der Waals surface area (Å²) in [4.78, 5) is 7.29. The molecule has 0 radical (unpaired) electrons. The summed E-state index contributed by atoms with van der Waals surface area (Å²) >= 11 is 0. The van der Waals surface area contributed by atoms with Gasteiger partial charge in [0.1, 0.15) is 12.1 Å². The van der Waals surface area contributed by atoms with Crippen molar-refractivity contribution in [2.24, 2.45) is 0 Å². The maximum Gasteiger partial charge on any atom is 0.217 e. The largest absolute Gasteiger partial charge is 0.377 e. The Morgan fingerprint density at radius 1 is 1.47 bits per heavy atom. The zero-order valence-corrected chi connectivity index (χ0v) is 8.24. The summed E-state index contributed by atoms with van der Waals surface area (Å²) in [5.74, 6) is -0.0108. The first-order valence-corrected chi connectivity index (χ1v) is 4.81. The molecule has 0 unspecified atom stereocenters. The number of halogens is 1. The molecule has 0 aliphatic carbocycles. The van der Waals surface area contributed by atoms with Crippen LogP contribution < -0.4 is 5.32 Å². The third-order valence-electron chi connectivity index (χ3n) is 2.19. The Kier molecular flexibility index (Phi) is 3.24. The smallest absolute Gasteiger partial charge is 0.217 e. The molecule has 1 N–H and O–H groups in total. The van der Waals surface area contributed by atoms with E-state index in [2.05, 4.69) is 15.3 Å². The molecule has 0 bridgehead atoms. The Labute approximate surface area is 87.2 Å². The monoisotopic (exact) mass is 209 g/mol. The minimum absolute atomic E-state index is 0.509. The van der Waals surface area contributed by atoms with Crippen LogP contribution in [0.3, 0.4) is 0 Å². The molecule has 0 aromatic carbocycles. The average molecular weight is 209 g/mol. The molecule has 0 saturated heterocycles. The number of anilines is 1. The summed E-state index contributed by atoms with van der Waals surface area (Å²) in [7, 11) is 0. The molecular formula is C10H12FN3O. The van der Waals surface area contributed by atoms with Gasteiger partial charge < -0.3 is 10.1 Å². The fraction of sp³-hybridized carbons (Fsp3) is 0.400. The first-order chi connectivity index (χ1) is 7.34. The molecule has 1 aromatic rings. The molecule has 0 fully saturated rings. The van der Waals surface area contributed by atoms with Crippen LogP contribution in [0.2, 0.25) is 0 Å². The topological polar surface area (TPSA) is 47.0 Å². The van der Waals surface area contributed by atoms with Gasteiger partial charge in [-0.15, -0.1) is 0 Å². The second kappa shape index (κ2) is 4.84. The number of rotatable bonds is 3. The van der Waals surface area contributed by atoms with Crippen molar-refractivity contribution in [3.05, 3.63) is 30.0 Å². The number of ether oxygens (including phenoxy) is 1. The predicted octanol–water partition coefficient (Wildman–Crippen LogP) is 1.37. The van der Waals surface area contributed by atoms with E-state index in [9.17, 15) is 4.39 Å². The van der Waals surface area contributed by atoms with E-state index < -0.39 is 5.95 Å². The van der Waals surface area contributed by atoms with Crippen molar-refractivity contribution in [3.8, 4) is 0 Å². The number of nitrogens with one attached hydrogen (secondary N) is 1. The number of hydrogen-bond acceptors (Lipinski definition) is 4. The lowest BCUT2D eigenvalue weighted by molar-refractivity contribution is 0.154. The predicted molar refractivity (Wildman–Crippen MR) is 54.0 cm³/mol. The SMILES string of the molecule is Fc1cc(NCC2=CCOCC2)ncn1. The summed E-state index contributed by atoms with van der Waals surface area (Å²) in [5, 5.41) is 3.04. The van der Waals surface area contributed by atoms with E-state index in [0.29, 0.717) is 19.0 Å². The van der Waals surface area contributed by atoms with Crippen molar-refractivity contribution in [2.45, 2.75) is 6.42 Å². The third kappa shape index (κ3) is 2.99. The standard InChI is InChI=1S/C10H12FN3O/c11-9-5-10(14-7-13-9)12-6-8-1-3-15-4-2-8/h1,5,7H,2-4,6H2,(H,12,13,14). The van der Waals surface area contributed by atoms with E-state index in [0.717, 1.165) is 13.0 Å². The number of hydrogen-bond donors (Lipinski definition) is 1. The molecule has 15 heavy (non-hydrogen) atoms. The quantitative estimate of drug-likeness (QED) is 0.603. The van der Waals surface area contributed by atoms with Crippen molar-refractivity contribution in [1.82, 2.24) is 9.97 Å². The van der Waals surface area contributed by atoms with Gasteiger partial charge in [-0.25, -0.2) is 9.97 Å². The highest BCUT2D eigenvalue weighted by atomic mass is 19.1. The van der Waals surface area contributed by atoms with Gasteiger partial charge in [0.2, 0.25) is 5.95 Å². The lowest BCUT2D eigenvalue weighted by Gasteiger charge is -2.14. The average Bonchev–Trinajstić information content (AvgIpc) is 2.28. The molecular weight excluding hydrogens is 197 g/mol. The van der Waals surface area contributed by atoms with Crippen molar-refractivity contribution in [1.29, 1.82) is 0 Å². The lowest BCUT2D eigenvalue weighted by atomic mass is 10.1. The molecule has 1 aliphatic rings. The molecule has 2 heterocycles. The van der Waals surface area contributed by atoms with Crippen LogP contribution in [0.1, 0.15) is 6.42 Å². The Bertz CT molecular complexity index is 367. The van der Waals surface area contributed by atoms with Crippen molar-refractivity contribution < 1.29 is 9.13 Å². The van der Waals surface area contributed by atoms with Gasteiger partial charge in [-0.3, -0.25) is 0 Å². The highest BCUT2D eigenvalue weighted by Crippen LogP contribution is 2.09. The molecule has 2 rings (SSSR count). The first kappa shape index (κ1) is 10.0. The molecule has 5 heteroatoms. The van der Waals surface area contributed by atoms with Gasteiger partial charge in [0.15, 0.2) is 0 Å². The zero-order chi connectivity index (χ0) is 10.5. The number of nitrogens with zero attached hydrogens (tertiary/aromatic N) is 2. The summed E-state index contributed by atoms with van der Waals surface area (Å²) in [6, 6.07) is 1.28. The van der Waals surface area contributed by atoms with Gasteiger partial charge in [-0.2, -0.15) is 4.39 Å². The van der Waals surface area contributed by atoms with Crippen LogP contribution in [-0.2, 0) is 4.74 Å². The molecule has 0 saturated carbocycles. The fourth-order valence-electron chi connectivity index (χ4n) is 1.36. The van der Waals surface area contributed by atoms with Gasteiger partial charge in [0, 0.05) is 12.6 Å². The summed E-state index contributed by atoms with van der Waals surface area (Å²) in [5.41, 5.74) is 1.26. The van der Waals surface area contributed by atoms with Crippen LogP contribution in [0.4, 0.5) is 10.2 Å². The Morgan fingerprint density at radius 2 is 2.40 bits per heavy atom. The van der Waals surface area contributed by atoms with Gasteiger partial charge in [-0.1, -0.05) is 11.6 Å². The van der Waals surface area contributed by atoms with E-state index in [4.69, 9.17) is 4.74 Å². The molecule has 0 atom stereocenters. The normalized spacial score (nSPS) is 15.9. The van der Waals surface area contributed by atoms with Gasteiger partial charge in [0.25, 0.3) is 0 Å². The minimum atomic E-state index is -0.520. The van der Waals surface area contributed by atoms with Crippen molar-refractivity contribution in [3.63, 3.8) is 0 Å². The maximum atomic E-state index is 12.7. The second-order valence-corrected chi connectivity index (χ2v) is 3.27. The van der Waals surface area contributed by atoms with Crippen LogP contribution in [0.15, 0.2) is 24.0 Å². The zero-order valence-electron chi connectivity index (χ0n) is 8.24. The molecule has 0 amide bonds. The van der Waals surface area contributed by atoms with Crippen molar-refractivity contribution >= 4 is 5.82 Å². The first-order valence-electron chi connectivity index (χ1n) is 4.81. The summed E-state index contributed by atoms with van der Waals surface area (Å²) < 4.78 is 17.9. The van der Waals surface area contributed by atoms with E-state index >= 15 is 0 Å². The minimum Gasteiger partial charge on any atom is -0.377 e. The van der Waals surface area contributed by atoms with E-state index in [-0.39, 0.29) is 0 Å². The van der Waals surface area contributed by atoms with Crippen molar-refractivity contribution in [2.75, 3.05) is 25.1 Å². The van der Waals surface area contributed by atoms with Crippen LogP contribution >= 0.6 is 0 Å². The molecule has 0 spiro atoms. The molecule has 1 aliphatic heterocycles. The highest BCUT2D eigenvalue weighted by molar-refractivity contribution is 5.34.